The first kappa shape index (κ1) is 24.0. The summed E-state index contributed by atoms with van der Waals surface area (Å²) >= 11 is 0. The number of aromatic nitrogens is 1. The van der Waals surface area contributed by atoms with Crippen LogP contribution in [0.5, 0.6) is 5.75 Å². The van der Waals surface area contributed by atoms with Crippen molar-refractivity contribution in [1.82, 2.24) is 4.98 Å². The van der Waals surface area contributed by atoms with E-state index in [4.69, 9.17) is 14.5 Å². The number of ether oxygens (including phenoxy) is 2. The molecule has 1 aromatic heterocycles. The molecule has 0 amide bonds. The zero-order valence-electron chi connectivity index (χ0n) is 21.0. The number of anilines is 1. The van der Waals surface area contributed by atoms with E-state index in [2.05, 4.69) is 5.32 Å². The molecule has 1 aliphatic heterocycles. The van der Waals surface area contributed by atoms with E-state index in [-0.39, 0.29) is 0 Å². The SMILES string of the molecule is CNc1cc(F)cc2c(-c3ccc4c5c(ccnc35)CCO4)c(C(OC(C)(C)C)C(=O)O)c(C)cc12. The molecule has 0 spiro atoms. The second-order valence-electron chi connectivity index (χ2n) is 10.1. The van der Waals surface area contributed by atoms with Crippen molar-refractivity contribution < 1.29 is 23.8 Å². The van der Waals surface area contributed by atoms with Gasteiger partial charge in [-0.05, 0) is 86.2 Å². The van der Waals surface area contributed by atoms with Crippen molar-refractivity contribution in [2.75, 3.05) is 19.0 Å². The van der Waals surface area contributed by atoms with Gasteiger partial charge in [-0.3, -0.25) is 4.98 Å². The topological polar surface area (TPSA) is 80.7 Å². The lowest BCUT2D eigenvalue weighted by Crippen LogP contribution is -2.28. The van der Waals surface area contributed by atoms with Gasteiger partial charge in [0, 0.05) is 47.3 Å². The predicted octanol–water partition coefficient (Wildman–Crippen LogP) is 6.42. The maximum atomic E-state index is 14.9. The molecule has 0 saturated carbocycles. The number of pyridine rings is 1. The monoisotopic (exact) mass is 488 g/mol. The molecule has 1 aliphatic rings. The highest BCUT2D eigenvalue weighted by molar-refractivity contribution is 6.11. The van der Waals surface area contributed by atoms with Gasteiger partial charge in [-0.2, -0.15) is 0 Å². The molecular weight excluding hydrogens is 459 g/mol. The summed E-state index contributed by atoms with van der Waals surface area (Å²) in [6.07, 6.45) is 1.24. The van der Waals surface area contributed by atoms with Gasteiger partial charge in [0.1, 0.15) is 11.6 Å². The number of benzene rings is 3. The highest BCUT2D eigenvalue weighted by Crippen LogP contribution is 2.46. The molecule has 6 nitrogen and oxygen atoms in total. The van der Waals surface area contributed by atoms with Crippen LogP contribution in [0.3, 0.4) is 0 Å². The number of hydrogen-bond acceptors (Lipinski definition) is 5. The largest absolute Gasteiger partial charge is 0.493 e. The molecule has 0 saturated heterocycles. The van der Waals surface area contributed by atoms with Crippen molar-refractivity contribution in [3.8, 4) is 16.9 Å². The molecule has 3 aromatic carbocycles. The second-order valence-corrected chi connectivity index (χ2v) is 10.1. The molecule has 7 heteroatoms. The Labute approximate surface area is 209 Å². The molecule has 1 atom stereocenters. The predicted molar refractivity (Wildman–Crippen MR) is 139 cm³/mol. The molecule has 0 aliphatic carbocycles. The number of carbonyl (C=O) groups is 1. The Morgan fingerprint density at radius 1 is 1.19 bits per heavy atom. The lowest BCUT2D eigenvalue weighted by Gasteiger charge is -2.29. The zero-order valence-corrected chi connectivity index (χ0v) is 21.0. The van der Waals surface area contributed by atoms with Gasteiger partial charge >= 0.3 is 5.97 Å². The first-order valence-electron chi connectivity index (χ1n) is 12.0. The van der Waals surface area contributed by atoms with Crippen LogP contribution in [-0.2, 0) is 16.0 Å². The average molecular weight is 489 g/mol. The van der Waals surface area contributed by atoms with Crippen molar-refractivity contribution in [2.24, 2.45) is 0 Å². The molecule has 1 unspecified atom stereocenters. The fraction of sp³-hybridized carbons (Fsp3) is 0.310. The van der Waals surface area contributed by atoms with Crippen molar-refractivity contribution in [3.63, 3.8) is 0 Å². The standard InChI is InChI=1S/C29H29FN2O4/c1-15-12-19-20(13-17(30)14-21(19)31-5)25(23(15)27(28(33)34)36-29(2,3)4)18-6-7-22-24-16(9-11-35-22)8-10-32-26(18)24/h6-8,10,12-14,27,31H,9,11H2,1-5H3,(H,33,34). The Balaban J connectivity index is 1.96. The Morgan fingerprint density at radius 2 is 1.97 bits per heavy atom. The molecular formula is C29H29FN2O4. The van der Waals surface area contributed by atoms with E-state index in [1.165, 1.54) is 12.1 Å². The highest BCUT2D eigenvalue weighted by Gasteiger charge is 2.33. The third kappa shape index (κ3) is 4.03. The molecule has 2 N–H and O–H groups in total. The molecule has 186 valence electrons. The summed E-state index contributed by atoms with van der Waals surface area (Å²) in [6, 6.07) is 10.5. The number of carboxylic acid groups (broad SMARTS) is 1. The number of halogens is 1. The average Bonchev–Trinajstić information content (AvgIpc) is 2.82. The molecule has 5 rings (SSSR count). The molecule has 2 heterocycles. The molecule has 0 bridgehead atoms. The molecule has 0 fully saturated rings. The number of aryl methyl sites for hydroxylation is 1. The Kier molecular flexibility index (Phi) is 5.83. The Morgan fingerprint density at radius 3 is 2.67 bits per heavy atom. The molecule has 4 aromatic rings. The zero-order chi connectivity index (χ0) is 25.8. The summed E-state index contributed by atoms with van der Waals surface area (Å²) in [7, 11) is 1.74. The Hall–Kier alpha value is -3.71. The van der Waals surface area contributed by atoms with E-state index in [9.17, 15) is 14.3 Å². The van der Waals surface area contributed by atoms with E-state index in [1.54, 1.807) is 13.2 Å². The first-order valence-corrected chi connectivity index (χ1v) is 12.0. The van der Waals surface area contributed by atoms with E-state index in [0.717, 1.165) is 34.1 Å². The molecule has 0 radical (unpaired) electrons. The lowest BCUT2D eigenvalue weighted by atomic mass is 9.85. The first-order chi connectivity index (χ1) is 17.1. The van der Waals surface area contributed by atoms with E-state index >= 15 is 0 Å². The van der Waals surface area contributed by atoms with Crippen LogP contribution in [0, 0.1) is 12.7 Å². The minimum Gasteiger partial charge on any atom is -0.493 e. The summed E-state index contributed by atoms with van der Waals surface area (Å²) in [6.45, 7) is 7.91. The van der Waals surface area contributed by atoms with Gasteiger partial charge in [0.15, 0.2) is 6.10 Å². The van der Waals surface area contributed by atoms with Crippen LogP contribution in [0.25, 0.3) is 32.8 Å². The summed E-state index contributed by atoms with van der Waals surface area (Å²) < 4.78 is 26.9. The fourth-order valence-corrected chi connectivity index (χ4v) is 5.14. The number of carboxylic acids is 1. The van der Waals surface area contributed by atoms with Gasteiger partial charge < -0.3 is 19.9 Å². The quantitative estimate of drug-likeness (QED) is 0.337. The van der Waals surface area contributed by atoms with Crippen LogP contribution >= 0.6 is 0 Å². The maximum absolute atomic E-state index is 14.9. The van der Waals surface area contributed by atoms with Crippen LogP contribution in [0.4, 0.5) is 10.1 Å². The van der Waals surface area contributed by atoms with Gasteiger partial charge in [-0.25, -0.2) is 9.18 Å². The fourth-order valence-electron chi connectivity index (χ4n) is 5.14. The molecule has 36 heavy (non-hydrogen) atoms. The third-order valence-electron chi connectivity index (χ3n) is 6.53. The van der Waals surface area contributed by atoms with Crippen LogP contribution < -0.4 is 10.1 Å². The minimum absolute atomic E-state index is 0.425. The van der Waals surface area contributed by atoms with Crippen LogP contribution in [0.15, 0.2) is 42.6 Å². The Bertz CT molecular complexity index is 1510. The number of rotatable bonds is 5. The number of nitrogens with zero attached hydrogens (tertiary/aromatic N) is 1. The summed E-state index contributed by atoms with van der Waals surface area (Å²) in [5, 5.41) is 15.7. The number of fused-ring (bicyclic) bond motifs is 1. The van der Waals surface area contributed by atoms with Gasteiger partial charge in [0.25, 0.3) is 0 Å². The maximum Gasteiger partial charge on any atom is 0.337 e. The van der Waals surface area contributed by atoms with E-state index in [1.807, 2.05) is 52.0 Å². The number of aliphatic carboxylic acids is 1. The van der Waals surface area contributed by atoms with Crippen LogP contribution in [-0.4, -0.2) is 35.3 Å². The summed E-state index contributed by atoms with van der Waals surface area (Å²) in [5.74, 6) is -0.798. The number of hydrogen-bond donors (Lipinski definition) is 2. The van der Waals surface area contributed by atoms with E-state index < -0.39 is 23.5 Å². The number of nitrogens with one attached hydrogen (secondary N) is 1. The van der Waals surface area contributed by atoms with Crippen LogP contribution in [0.1, 0.15) is 43.6 Å². The van der Waals surface area contributed by atoms with Crippen LogP contribution in [0.2, 0.25) is 0 Å². The van der Waals surface area contributed by atoms with Gasteiger partial charge in [0.2, 0.25) is 0 Å². The highest BCUT2D eigenvalue weighted by atomic mass is 19.1. The minimum atomic E-state index is -1.27. The van der Waals surface area contributed by atoms with Gasteiger partial charge in [-0.15, -0.1) is 0 Å². The van der Waals surface area contributed by atoms with E-state index in [0.29, 0.717) is 39.9 Å². The lowest BCUT2D eigenvalue weighted by molar-refractivity contribution is -0.160. The smallest absolute Gasteiger partial charge is 0.337 e. The van der Waals surface area contributed by atoms with Gasteiger partial charge in [0.05, 0.1) is 17.7 Å². The van der Waals surface area contributed by atoms with Crippen molar-refractivity contribution >= 4 is 33.3 Å². The second kappa shape index (κ2) is 8.75. The third-order valence-corrected chi connectivity index (χ3v) is 6.53. The van der Waals surface area contributed by atoms with Crippen molar-refractivity contribution in [2.45, 2.75) is 45.8 Å². The summed E-state index contributed by atoms with van der Waals surface area (Å²) in [4.78, 5) is 17.3. The van der Waals surface area contributed by atoms with Gasteiger partial charge in [-0.1, -0.05) is 0 Å². The normalized spacial score (nSPS) is 14.1. The summed E-state index contributed by atoms with van der Waals surface area (Å²) in [5.41, 5.74) is 4.21. The van der Waals surface area contributed by atoms with Crippen molar-refractivity contribution in [1.29, 1.82) is 0 Å². The van der Waals surface area contributed by atoms with Crippen molar-refractivity contribution in [3.05, 3.63) is 65.1 Å².